The minimum atomic E-state index is -0.770. The van der Waals surface area contributed by atoms with Crippen molar-refractivity contribution in [2.45, 2.75) is 97.4 Å². The number of benzene rings is 2. The van der Waals surface area contributed by atoms with E-state index >= 15 is 0 Å². The Morgan fingerprint density at radius 3 is 1.66 bits per heavy atom. The van der Waals surface area contributed by atoms with E-state index in [4.69, 9.17) is 8.85 Å². The van der Waals surface area contributed by atoms with E-state index in [2.05, 4.69) is 99.3 Å². The lowest BCUT2D eigenvalue weighted by molar-refractivity contribution is 0.0829. The lowest BCUT2D eigenvalue weighted by atomic mass is 9.84. The number of rotatable bonds is 7. The number of ketones is 1. The molecule has 190 valence electrons. The van der Waals surface area contributed by atoms with Crippen molar-refractivity contribution in [1.29, 1.82) is 0 Å². The van der Waals surface area contributed by atoms with Gasteiger partial charge in [0.1, 0.15) is 0 Å². The third-order valence-electron chi connectivity index (χ3n) is 5.67. The predicted octanol–water partition coefficient (Wildman–Crippen LogP) is 6.40. The van der Waals surface area contributed by atoms with Crippen LogP contribution >= 0.6 is 0 Å². The second-order valence-corrected chi connectivity index (χ2v) is 18.3. The van der Waals surface area contributed by atoms with E-state index in [-0.39, 0.29) is 15.9 Å². The van der Waals surface area contributed by atoms with Gasteiger partial charge in [-0.25, -0.2) is 0 Å². The van der Waals surface area contributed by atoms with E-state index < -0.39 is 30.7 Å². The molecule has 0 N–H and O–H groups in total. The molecule has 2 rings (SSSR count). The second kappa shape index (κ2) is 11.0. The topological polar surface area (TPSA) is 35.5 Å². The molecular weight excluding hydrogens is 464 g/mol. The lowest BCUT2D eigenvalue weighted by Gasteiger charge is -2.37. The first-order chi connectivity index (χ1) is 15.9. The minimum Gasteiger partial charge on any atom is -0.415 e. The third-order valence-corrected chi connectivity index (χ3v) is 9.13. The van der Waals surface area contributed by atoms with Gasteiger partial charge < -0.3 is 8.85 Å². The Morgan fingerprint density at radius 2 is 1.17 bits per heavy atom. The van der Waals surface area contributed by atoms with Gasteiger partial charge in [-0.1, -0.05) is 71.6 Å². The molecular formula is C30H44O3Si2. The molecule has 3 nitrogen and oxygen atoms in total. The Hall–Kier alpha value is -1.98. The van der Waals surface area contributed by atoms with Crippen LogP contribution in [0.15, 0.2) is 42.5 Å². The highest BCUT2D eigenvalue weighted by molar-refractivity contribution is 6.32. The predicted molar refractivity (Wildman–Crippen MR) is 154 cm³/mol. The van der Waals surface area contributed by atoms with Crippen molar-refractivity contribution in [3.63, 3.8) is 0 Å². The van der Waals surface area contributed by atoms with Crippen LogP contribution in [0, 0.1) is 11.8 Å². The summed E-state index contributed by atoms with van der Waals surface area (Å²) in [5, 5.41) is 0.407. The molecule has 0 atom stereocenters. The summed E-state index contributed by atoms with van der Waals surface area (Å²) in [6.45, 7) is 23.7. The van der Waals surface area contributed by atoms with Gasteiger partial charge in [0.25, 0.3) is 0 Å². The van der Waals surface area contributed by atoms with Crippen molar-refractivity contribution in [3.05, 3.63) is 70.3 Å². The van der Waals surface area contributed by atoms with Crippen molar-refractivity contribution in [2.75, 3.05) is 0 Å². The molecule has 0 spiro atoms. The van der Waals surface area contributed by atoms with Crippen molar-refractivity contribution in [1.82, 2.24) is 0 Å². The molecule has 0 fully saturated rings. The van der Waals surface area contributed by atoms with Gasteiger partial charge in [0.15, 0.2) is 25.3 Å². The average Bonchev–Trinajstić information content (AvgIpc) is 2.74. The summed E-state index contributed by atoms with van der Waals surface area (Å²) >= 11 is 0. The molecule has 0 radical (unpaired) electrons. The fraction of sp³-hybridized carbons (Fsp3) is 0.500. The van der Waals surface area contributed by atoms with Gasteiger partial charge in [-0.3, -0.25) is 4.79 Å². The largest absolute Gasteiger partial charge is 0.415 e. The lowest BCUT2D eigenvalue weighted by Crippen LogP contribution is -2.34. The maximum Gasteiger partial charge on any atom is 0.168 e. The quantitative estimate of drug-likeness (QED) is 0.247. The zero-order chi connectivity index (χ0) is 26.7. The SMILES string of the molecule is CC(=O)c1cccc(C#Cc2ccc(C(C)(C)O[SiH2]C(C)(C)C)c(C(C)(C)O[SiH2]C(C)(C)C)c2)c1. The normalized spacial score (nSPS) is 13.5. The summed E-state index contributed by atoms with van der Waals surface area (Å²) in [6.07, 6.45) is 0. The third kappa shape index (κ3) is 9.20. The van der Waals surface area contributed by atoms with Gasteiger partial charge >= 0.3 is 0 Å². The number of hydrogen-bond acceptors (Lipinski definition) is 3. The molecule has 0 aliphatic heterocycles. The number of carbonyl (C=O) groups excluding carboxylic acids is 1. The number of hydrogen-bond donors (Lipinski definition) is 0. The summed E-state index contributed by atoms with van der Waals surface area (Å²) in [6, 6.07) is 13.9. The van der Waals surface area contributed by atoms with Crippen molar-refractivity contribution >= 4 is 25.3 Å². The maximum atomic E-state index is 11.7. The summed E-state index contributed by atoms with van der Waals surface area (Å²) in [5.41, 5.74) is 3.86. The van der Waals surface area contributed by atoms with Gasteiger partial charge in [0.05, 0.1) is 11.2 Å². The van der Waals surface area contributed by atoms with E-state index in [9.17, 15) is 4.79 Å². The molecule has 5 heteroatoms. The molecule has 0 amide bonds. The van der Waals surface area contributed by atoms with Crippen LogP contribution in [0.5, 0.6) is 0 Å². The molecule has 0 bridgehead atoms. The fourth-order valence-corrected chi connectivity index (χ4v) is 5.45. The molecule has 0 aliphatic rings. The van der Waals surface area contributed by atoms with Crippen LogP contribution in [0.2, 0.25) is 10.1 Å². The number of carbonyl (C=O) groups is 1. The maximum absolute atomic E-state index is 11.7. The van der Waals surface area contributed by atoms with Crippen molar-refractivity contribution in [2.24, 2.45) is 0 Å². The smallest absolute Gasteiger partial charge is 0.168 e. The van der Waals surface area contributed by atoms with E-state index in [1.54, 1.807) is 6.92 Å². The van der Waals surface area contributed by atoms with Gasteiger partial charge in [0, 0.05) is 16.7 Å². The highest BCUT2D eigenvalue weighted by atomic mass is 28.2. The Kier molecular flexibility index (Phi) is 9.16. The Labute approximate surface area is 218 Å². The van der Waals surface area contributed by atoms with E-state index in [0.717, 1.165) is 22.3 Å². The second-order valence-electron chi connectivity index (χ2n) is 12.9. The van der Waals surface area contributed by atoms with Crippen LogP contribution in [-0.2, 0) is 20.1 Å². The van der Waals surface area contributed by atoms with Gasteiger partial charge in [-0.05, 0) is 80.1 Å². The van der Waals surface area contributed by atoms with E-state index in [0.29, 0.717) is 5.56 Å². The van der Waals surface area contributed by atoms with Crippen molar-refractivity contribution in [3.8, 4) is 11.8 Å². The van der Waals surface area contributed by atoms with Crippen LogP contribution < -0.4 is 0 Å². The molecule has 0 saturated carbocycles. The first-order valence-corrected chi connectivity index (χ1v) is 15.0. The van der Waals surface area contributed by atoms with Crippen LogP contribution in [0.4, 0.5) is 0 Å². The monoisotopic (exact) mass is 508 g/mol. The summed E-state index contributed by atoms with van der Waals surface area (Å²) in [5.74, 6) is 6.59. The first kappa shape index (κ1) is 29.3. The molecule has 0 aromatic heterocycles. The molecule has 0 heterocycles. The summed E-state index contributed by atoms with van der Waals surface area (Å²) in [7, 11) is -1.51. The first-order valence-electron chi connectivity index (χ1n) is 12.5. The molecule has 0 unspecified atom stereocenters. The van der Waals surface area contributed by atoms with Gasteiger partial charge in [0.2, 0.25) is 0 Å². The zero-order valence-corrected chi connectivity index (χ0v) is 26.5. The van der Waals surface area contributed by atoms with Gasteiger partial charge in [-0.15, -0.1) is 0 Å². The Morgan fingerprint density at radius 1 is 0.686 bits per heavy atom. The molecule has 2 aromatic rings. The van der Waals surface area contributed by atoms with Crippen LogP contribution in [-0.4, -0.2) is 25.3 Å². The summed E-state index contributed by atoms with van der Waals surface area (Å²) in [4.78, 5) is 11.7. The molecule has 0 saturated heterocycles. The standard InChI is InChI=1S/C30H44O3Si2/c1-21(31)24-14-12-13-22(19-24)15-16-23-17-18-25(29(8,9)32-34-27(2,3)4)26(20-23)30(10,11)33-35-28(5,6)7/h12-14,17-20H,34-35H2,1-11H3. The molecule has 0 aliphatic carbocycles. The highest BCUT2D eigenvalue weighted by Gasteiger charge is 2.33. The van der Waals surface area contributed by atoms with Crippen molar-refractivity contribution < 1.29 is 13.6 Å². The summed E-state index contributed by atoms with van der Waals surface area (Å²) < 4.78 is 13.2. The van der Waals surface area contributed by atoms with E-state index in [1.807, 2.05) is 24.3 Å². The minimum absolute atomic E-state index is 0.0447. The molecule has 35 heavy (non-hydrogen) atoms. The average molecular weight is 509 g/mol. The van der Waals surface area contributed by atoms with Crippen LogP contribution in [0.25, 0.3) is 0 Å². The molecule has 2 aromatic carbocycles. The highest BCUT2D eigenvalue weighted by Crippen LogP contribution is 2.38. The number of Topliss-reactive ketones (excluding diaryl/α,β-unsaturated/α-hetero) is 1. The van der Waals surface area contributed by atoms with E-state index in [1.165, 1.54) is 0 Å². The van der Waals surface area contributed by atoms with Crippen LogP contribution in [0.1, 0.15) is 109 Å². The Bertz CT molecular complexity index is 1110. The zero-order valence-electron chi connectivity index (χ0n) is 23.7. The fourth-order valence-electron chi connectivity index (χ4n) is 3.55. The van der Waals surface area contributed by atoms with Gasteiger partial charge in [-0.2, -0.15) is 0 Å². The van der Waals surface area contributed by atoms with Crippen LogP contribution in [0.3, 0.4) is 0 Å². The Balaban J connectivity index is 2.53.